The highest BCUT2D eigenvalue weighted by Gasteiger charge is 2.24. The molecule has 0 saturated heterocycles. The number of benzene rings is 3. The third-order valence-corrected chi connectivity index (χ3v) is 7.53. The summed E-state index contributed by atoms with van der Waals surface area (Å²) in [5.41, 5.74) is 7.18. The zero-order valence-electron chi connectivity index (χ0n) is 22.1. The monoisotopic (exact) mass is 512 g/mol. The van der Waals surface area contributed by atoms with Crippen molar-refractivity contribution in [1.82, 2.24) is 5.32 Å². The largest absolute Gasteiger partial charge is 0.481 e. The highest BCUT2D eigenvalue weighted by molar-refractivity contribution is 5.95. The van der Waals surface area contributed by atoms with Gasteiger partial charge in [0.1, 0.15) is 0 Å². The van der Waals surface area contributed by atoms with E-state index in [0.717, 1.165) is 36.9 Å². The summed E-state index contributed by atoms with van der Waals surface area (Å²) in [4.78, 5) is 35.9. The van der Waals surface area contributed by atoms with Crippen molar-refractivity contribution >= 4 is 23.5 Å². The molecule has 198 valence electrons. The summed E-state index contributed by atoms with van der Waals surface area (Å²) in [5, 5.41) is 14.7. The maximum absolute atomic E-state index is 12.6. The summed E-state index contributed by atoms with van der Waals surface area (Å²) in [6.07, 6.45) is 4.32. The van der Waals surface area contributed by atoms with Crippen LogP contribution in [0, 0.1) is 19.8 Å². The number of hydrogen-bond donors (Lipinski definition) is 3. The second-order valence-electron chi connectivity index (χ2n) is 10.3. The topological polar surface area (TPSA) is 95.5 Å². The van der Waals surface area contributed by atoms with E-state index in [1.165, 1.54) is 22.3 Å². The van der Waals surface area contributed by atoms with Gasteiger partial charge in [-0.25, -0.2) is 0 Å². The second kappa shape index (κ2) is 12.5. The molecule has 6 heteroatoms. The molecule has 1 saturated carbocycles. The van der Waals surface area contributed by atoms with E-state index >= 15 is 0 Å². The smallest absolute Gasteiger partial charge is 0.303 e. The number of carboxylic acid groups (broad SMARTS) is 1. The molecule has 0 radical (unpaired) electrons. The van der Waals surface area contributed by atoms with Gasteiger partial charge in [0.15, 0.2) is 0 Å². The molecular weight excluding hydrogens is 476 g/mol. The Morgan fingerprint density at radius 3 is 2.08 bits per heavy atom. The Kier molecular flexibility index (Phi) is 8.95. The zero-order chi connectivity index (χ0) is 27.1. The fourth-order valence-electron chi connectivity index (χ4n) is 5.46. The molecule has 0 unspecified atom stereocenters. The van der Waals surface area contributed by atoms with Crippen LogP contribution in [-0.2, 0) is 9.59 Å². The number of carboxylic acids is 1. The molecule has 0 heterocycles. The van der Waals surface area contributed by atoms with E-state index in [0.29, 0.717) is 11.5 Å². The van der Waals surface area contributed by atoms with Crippen molar-refractivity contribution in [2.24, 2.45) is 5.92 Å². The molecule has 0 aromatic heterocycles. The Bertz CT molecular complexity index is 1250. The first kappa shape index (κ1) is 27.1. The van der Waals surface area contributed by atoms with Gasteiger partial charge in [-0.3, -0.25) is 14.4 Å². The normalized spacial score (nSPS) is 17.0. The molecule has 4 rings (SSSR count). The molecule has 0 spiro atoms. The molecule has 6 nitrogen and oxygen atoms in total. The van der Waals surface area contributed by atoms with Gasteiger partial charge in [0.2, 0.25) is 5.91 Å². The van der Waals surface area contributed by atoms with Crippen molar-refractivity contribution < 1.29 is 19.5 Å². The predicted octanol–water partition coefficient (Wildman–Crippen LogP) is 6.48. The van der Waals surface area contributed by atoms with E-state index in [4.69, 9.17) is 5.11 Å². The van der Waals surface area contributed by atoms with Crippen LogP contribution in [0.15, 0.2) is 66.7 Å². The molecular formula is C32H36N2O4. The number of anilines is 1. The third-order valence-electron chi connectivity index (χ3n) is 7.53. The van der Waals surface area contributed by atoms with Crippen molar-refractivity contribution in [2.75, 3.05) is 11.9 Å². The Hall–Kier alpha value is -3.93. The molecule has 1 aliphatic rings. The lowest BCUT2D eigenvalue weighted by Gasteiger charge is -2.28. The van der Waals surface area contributed by atoms with Gasteiger partial charge in [-0.05, 0) is 103 Å². The summed E-state index contributed by atoms with van der Waals surface area (Å²) in [6.45, 7) is 4.42. The zero-order valence-corrected chi connectivity index (χ0v) is 22.1. The van der Waals surface area contributed by atoms with Crippen molar-refractivity contribution in [2.45, 2.75) is 58.3 Å². The van der Waals surface area contributed by atoms with Crippen LogP contribution in [0.2, 0.25) is 0 Å². The van der Waals surface area contributed by atoms with Gasteiger partial charge in [-0.2, -0.15) is 0 Å². The van der Waals surface area contributed by atoms with E-state index < -0.39 is 5.97 Å². The average Bonchev–Trinajstić information content (AvgIpc) is 2.89. The number of amides is 2. The Balaban J connectivity index is 1.21. The minimum atomic E-state index is -0.712. The number of nitrogens with one attached hydrogen (secondary N) is 2. The van der Waals surface area contributed by atoms with E-state index in [1.54, 1.807) is 0 Å². The minimum absolute atomic E-state index is 0.155. The Morgan fingerprint density at radius 2 is 1.47 bits per heavy atom. The van der Waals surface area contributed by atoms with Gasteiger partial charge >= 0.3 is 5.97 Å². The number of rotatable bonds is 9. The van der Waals surface area contributed by atoms with Gasteiger partial charge in [-0.1, -0.05) is 42.5 Å². The number of carbonyl (C=O) groups is 3. The van der Waals surface area contributed by atoms with Gasteiger partial charge in [-0.15, -0.1) is 0 Å². The first-order valence-corrected chi connectivity index (χ1v) is 13.4. The molecule has 3 N–H and O–H groups in total. The van der Waals surface area contributed by atoms with E-state index in [9.17, 15) is 14.4 Å². The van der Waals surface area contributed by atoms with Crippen LogP contribution in [-0.4, -0.2) is 29.4 Å². The van der Waals surface area contributed by atoms with Crippen molar-refractivity contribution in [3.05, 3.63) is 89.0 Å². The van der Waals surface area contributed by atoms with Crippen molar-refractivity contribution in [3.63, 3.8) is 0 Å². The minimum Gasteiger partial charge on any atom is -0.481 e. The number of hydrogen-bond acceptors (Lipinski definition) is 3. The van der Waals surface area contributed by atoms with Gasteiger partial charge in [0.25, 0.3) is 5.91 Å². The van der Waals surface area contributed by atoms with E-state index in [2.05, 4.69) is 36.6 Å². The molecule has 2 amide bonds. The van der Waals surface area contributed by atoms with Gasteiger partial charge < -0.3 is 15.7 Å². The number of aliphatic carboxylic acids is 1. The van der Waals surface area contributed by atoms with Gasteiger partial charge in [0.05, 0.1) is 0 Å². The summed E-state index contributed by atoms with van der Waals surface area (Å²) >= 11 is 0. The quantitative estimate of drug-likeness (QED) is 0.306. The van der Waals surface area contributed by atoms with Crippen molar-refractivity contribution in [3.8, 4) is 11.1 Å². The summed E-state index contributed by atoms with van der Waals surface area (Å²) < 4.78 is 0. The first-order chi connectivity index (χ1) is 18.3. The van der Waals surface area contributed by atoms with Crippen LogP contribution in [0.1, 0.15) is 71.5 Å². The average molecular weight is 513 g/mol. The van der Waals surface area contributed by atoms with Crippen LogP contribution in [0.3, 0.4) is 0 Å². The molecule has 1 fully saturated rings. The highest BCUT2D eigenvalue weighted by Crippen LogP contribution is 2.37. The molecule has 0 bridgehead atoms. The van der Waals surface area contributed by atoms with Crippen LogP contribution in [0.4, 0.5) is 5.69 Å². The molecule has 0 aliphatic heterocycles. The molecule has 1 aliphatic carbocycles. The second-order valence-corrected chi connectivity index (χ2v) is 10.3. The predicted molar refractivity (Wildman–Crippen MR) is 150 cm³/mol. The first-order valence-electron chi connectivity index (χ1n) is 13.4. The van der Waals surface area contributed by atoms with Crippen LogP contribution >= 0.6 is 0 Å². The van der Waals surface area contributed by atoms with Crippen LogP contribution in [0.5, 0.6) is 0 Å². The maximum Gasteiger partial charge on any atom is 0.303 e. The highest BCUT2D eigenvalue weighted by atomic mass is 16.4. The van der Waals surface area contributed by atoms with Crippen LogP contribution < -0.4 is 10.6 Å². The standard InChI is InChI=1S/C32H36N2O4/c1-21-4-3-5-22(2)31(21)26-10-12-27(13-11-26)32(38)33-19-18-29(35)34-28-16-14-25(15-17-28)24-8-6-23(7-9-24)20-30(36)37/h3-5,10-17,23-24H,6-9,18-20H2,1-2H3,(H,33,38)(H,34,35)(H,36,37). The number of aryl methyl sites for hydroxylation is 2. The Labute approximate surface area is 224 Å². The fraction of sp³-hybridized carbons (Fsp3) is 0.344. The van der Waals surface area contributed by atoms with Crippen molar-refractivity contribution in [1.29, 1.82) is 0 Å². The fourth-order valence-corrected chi connectivity index (χ4v) is 5.46. The van der Waals surface area contributed by atoms with Gasteiger partial charge in [0, 0.05) is 30.6 Å². The summed E-state index contributed by atoms with van der Waals surface area (Å²) in [5.74, 6) is -0.346. The Morgan fingerprint density at radius 1 is 0.842 bits per heavy atom. The molecule has 3 aromatic carbocycles. The SMILES string of the molecule is Cc1cccc(C)c1-c1ccc(C(=O)NCCC(=O)Nc2ccc(C3CCC(CC(=O)O)CC3)cc2)cc1. The summed E-state index contributed by atoms with van der Waals surface area (Å²) in [6, 6.07) is 21.7. The van der Waals surface area contributed by atoms with E-state index in [-0.39, 0.29) is 37.1 Å². The lowest BCUT2D eigenvalue weighted by molar-refractivity contribution is -0.138. The third kappa shape index (κ3) is 7.09. The number of carbonyl (C=O) groups excluding carboxylic acids is 2. The van der Waals surface area contributed by atoms with E-state index in [1.807, 2.05) is 54.6 Å². The molecule has 0 atom stereocenters. The molecule has 3 aromatic rings. The molecule has 38 heavy (non-hydrogen) atoms. The summed E-state index contributed by atoms with van der Waals surface area (Å²) in [7, 11) is 0. The lowest BCUT2D eigenvalue weighted by Crippen LogP contribution is -2.27. The lowest BCUT2D eigenvalue weighted by atomic mass is 9.77. The van der Waals surface area contributed by atoms with Crippen LogP contribution in [0.25, 0.3) is 11.1 Å². The maximum atomic E-state index is 12.6.